The molecule has 1 saturated carbocycles. The second kappa shape index (κ2) is 8.29. The van der Waals surface area contributed by atoms with Gasteiger partial charge in [-0.2, -0.15) is 0 Å². The van der Waals surface area contributed by atoms with Gasteiger partial charge in [-0.05, 0) is 31.2 Å². The molecule has 1 N–H and O–H groups in total. The Labute approximate surface area is 159 Å². The van der Waals surface area contributed by atoms with Crippen LogP contribution in [-0.2, 0) is 16.1 Å². The first-order chi connectivity index (χ1) is 12.1. The number of thioether (sulfide) groups is 1. The maximum atomic E-state index is 12.2. The summed E-state index contributed by atoms with van der Waals surface area (Å²) in [5, 5.41) is 13.6. The van der Waals surface area contributed by atoms with Crippen LogP contribution in [0.3, 0.4) is 0 Å². The largest absolute Gasteiger partial charge is 0.350 e. The van der Waals surface area contributed by atoms with Gasteiger partial charge in [0.25, 0.3) is 0 Å². The van der Waals surface area contributed by atoms with Crippen molar-refractivity contribution in [2.45, 2.75) is 55.3 Å². The van der Waals surface area contributed by atoms with Crippen LogP contribution in [0, 0.1) is 0 Å². The summed E-state index contributed by atoms with van der Waals surface area (Å²) in [6.07, 6.45) is 2.50. The van der Waals surface area contributed by atoms with E-state index in [1.165, 1.54) is 23.1 Å². The number of aromatic nitrogens is 2. The number of amides is 2. The summed E-state index contributed by atoms with van der Waals surface area (Å²) in [5.41, 5.74) is 0. The molecule has 0 spiro atoms. The molecule has 1 atom stereocenters. The lowest BCUT2D eigenvalue weighted by Gasteiger charge is -2.17. The second-order valence-electron chi connectivity index (χ2n) is 5.76. The molecule has 6 nitrogen and oxygen atoms in total. The van der Waals surface area contributed by atoms with Gasteiger partial charge in [0.1, 0.15) is 0 Å². The number of nitrogens with zero attached hydrogens (tertiary/aromatic N) is 3. The number of rotatable bonds is 8. The Morgan fingerprint density at radius 1 is 1.44 bits per heavy atom. The van der Waals surface area contributed by atoms with Gasteiger partial charge in [-0.1, -0.05) is 36.1 Å². The Morgan fingerprint density at radius 2 is 2.24 bits per heavy atom. The number of nitrogens with one attached hydrogen (secondary N) is 1. The first-order valence-corrected chi connectivity index (χ1v) is 10.8. The van der Waals surface area contributed by atoms with Crippen molar-refractivity contribution >= 4 is 51.4 Å². The highest BCUT2D eigenvalue weighted by Gasteiger charge is 2.35. The van der Waals surface area contributed by atoms with Gasteiger partial charge in [0.15, 0.2) is 4.34 Å². The monoisotopic (exact) mass is 396 g/mol. The predicted octanol–water partition coefficient (Wildman–Crippen LogP) is 3.30. The summed E-state index contributed by atoms with van der Waals surface area (Å²) < 4.78 is 0.711. The molecule has 0 saturated heterocycles. The van der Waals surface area contributed by atoms with Crippen LogP contribution in [0.5, 0.6) is 0 Å². The number of anilines is 1. The zero-order chi connectivity index (χ0) is 17.8. The third-order valence-electron chi connectivity index (χ3n) is 3.75. The topological polar surface area (TPSA) is 75.2 Å². The molecule has 0 aromatic carbocycles. The lowest BCUT2D eigenvalue weighted by molar-refractivity contribution is -0.120. The number of hydrogen-bond donors (Lipinski definition) is 1. The summed E-state index contributed by atoms with van der Waals surface area (Å²) in [6.45, 7) is 4.25. The van der Waals surface area contributed by atoms with Gasteiger partial charge in [0.2, 0.25) is 16.9 Å². The predicted molar refractivity (Wildman–Crippen MR) is 102 cm³/mol. The van der Waals surface area contributed by atoms with Crippen LogP contribution in [0.25, 0.3) is 0 Å². The molecule has 2 aromatic heterocycles. The zero-order valence-electron chi connectivity index (χ0n) is 14.1. The fourth-order valence-electron chi connectivity index (χ4n) is 2.25. The van der Waals surface area contributed by atoms with Crippen molar-refractivity contribution in [2.24, 2.45) is 0 Å². The standard InChI is InChI=1S/C16H20N4O2S3/c1-3-13(21)20(11-6-7-11)15-18-19-16(25-15)24-10(2)14(22)17-9-12-5-4-8-23-12/h4-5,8,10-11H,3,6-7,9H2,1-2H3,(H,17,22). The molecule has 1 unspecified atom stereocenters. The summed E-state index contributed by atoms with van der Waals surface area (Å²) in [6, 6.07) is 4.23. The van der Waals surface area contributed by atoms with E-state index >= 15 is 0 Å². The minimum atomic E-state index is -0.267. The van der Waals surface area contributed by atoms with Gasteiger partial charge in [-0.15, -0.1) is 21.5 Å². The average molecular weight is 397 g/mol. The highest BCUT2D eigenvalue weighted by atomic mass is 32.2. The van der Waals surface area contributed by atoms with Gasteiger partial charge >= 0.3 is 0 Å². The molecule has 9 heteroatoms. The Morgan fingerprint density at radius 3 is 2.88 bits per heavy atom. The van der Waals surface area contributed by atoms with E-state index in [0.29, 0.717) is 22.4 Å². The van der Waals surface area contributed by atoms with Crippen LogP contribution in [-0.4, -0.2) is 33.3 Å². The van der Waals surface area contributed by atoms with Crippen LogP contribution >= 0.6 is 34.4 Å². The van der Waals surface area contributed by atoms with E-state index in [0.717, 1.165) is 17.7 Å². The number of carbonyl (C=O) groups is 2. The third-order valence-corrected chi connectivity index (χ3v) is 6.73. The number of carbonyl (C=O) groups excluding carboxylic acids is 2. The molecule has 0 aliphatic heterocycles. The normalized spacial score (nSPS) is 15.0. The van der Waals surface area contributed by atoms with Crippen molar-refractivity contribution in [1.82, 2.24) is 15.5 Å². The molecule has 2 amide bonds. The molecule has 3 rings (SSSR count). The molecule has 1 fully saturated rings. The van der Waals surface area contributed by atoms with E-state index in [1.807, 2.05) is 31.4 Å². The first-order valence-electron chi connectivity index (χ1n) is 8.20. The van der Waals surface area contributed by atoms with Crippen LogP contribution in [0.2, 0.25) is 0 Å². The summed E-state index contributed by atoms with van der Waals surface area (Å²) in [5.74, 6) is 0.0516. The number of hydrogen-bond acceptors (Lipinski definition) is 7. The summed E-state index contributed by atoms with van der Waals surface area (Å²) in [7, 11) is 0. The fourth-order valence-corrected chi connectivity index (χ4v) is 5.00. The SMILES string of the molecule is CCC(=O)N(c1nnc(SC(C)C(=O)NCc2cccs2)s1)C1CC1. The van der Waals surface area contributed by atoms with Gasteiger partial charge in [-0.25, -0.2) is 0 Å². The molecule has 134 valence electrons. The molecule has 0 radical (unpaired) electrons. The Kier molecular flexibility index (Phi) is 6.08. The quantitative estimate of drug-likeness (QED) is 0.547. The molecule has 2 aromatic rings. The Bertz CT molecular complexity index is 728. The van der Waals surface area contributed by atoms with Crippen molar-refractivity contribution in [2.75, 3.05) is 4.90 Å². The lowest BCUT2D eigenvalue weighted by atomic mass is 10.4. The molecular formula is C16H20N4O2S3. The van der Waals surface area contributed by atoms with Crippen LogP contribution in [0.4, 0.5) is 5.13 Å². The minimum Gasteiger partial charge on any atom is -0.350 e. The molecule has 2 heterocycles. The van der Waals surface area contributed by atoms with E-state index in [9.17, 15) is 9.59 Å². The van der Waals surface area contributed by atoms with Gasteiger partial charge in [0, 0.05) is 17.3 Å². The molecule has 0 bridgehead atoms. The van der Waals surface area contributed by atoms with Crippen molar-refractivity contribution in [1.29, 1.82) is 0 Å². The highest BCUT2D eigenvalue weighted by molar-refractivity contribution is 8.02. The number of thiophene rings is 1. The molecule has 25 heavy (non-hydrogen) atoms. The highest BCUT2D eigenvalue weighted by Crippen LogP contribution is 2.37. The van der Waals surface area contributed by atoms with Gasteiger partial charge < -0.3 is 5.32 Å². The second-order valence-corrected chi connectivity index (χ2v) is 9.33. The van der Waals surface area contributed by atoms with Crippen molar-refractivity contribution in [3.63, 3.8) is 0 Å². The van der Waals surface area contributed by atoms with Crippen LogP contribution < -0.4 is 10.2 Å². The summed E-state index contributed by atoms with van der Waals surface area (Å²) in [4.78, 5) is 27.2. The smallest absolute Gasteiger partial charge is 0.233 e. The first kappa shape index (κ1) is 18.3. The lowest BCUT2D eigenvalue weighted by Crippen LogP contribution is -2.32. The molecular weight excluding hydrogens is 376 g/mol. The zero-order valence-corrected chi connectivity index (χ0v) is 16.5. The fraction of sp³-hybridized carbons (Fsp3) is 0.500. The Hall–Kier alpha value is -1.45. The van der Waals surface area contributed by atoms with Crippen molar-refractivity contribution < 1.29 is 9.59 Å². The molecule has 1 aliphatic rings. The summed E-state index contributed by atoms with van der Waals surface area (Å²) >= 11 is 4.38. The van der Waals surface area contributed by atoms with Crippen LogP contribution in [0.1, 0.15) is 38.0 Å². The van der Waals surface area contributed by atoms with Gasteiger partial charge in [-0.3, -0.25) is 14.5 Å². The van der Waals surface area contributed by atoms with Gasteiger partial charge in [0.05, 0.1) is 11.8 Å². The van der Waals surface area contributed by atoms with Crippen LogP contribution in [0.15, 0.2) is 21.9 Å². The van der Waals surface area contributed by atoms with E-state index in [2.05, 4.69) is 15.5 Å². The van der Waals surface area contributed by atoms with E-state index in [4.69, 9.17) is 0 Å². The van der Waals surface area contributed by atoms with E-state index in [1.54, 1.807) is 16.2 Å². The van der Waals surface area contributed by atoms with E-state index < -0.39 is 0 Å². The van der Waals surface area contributed by atoms with Crippen molar-refractivity contribution in [3.8, 4) is 0 Å². The average Bonchev–Trinajstić information content (AvgIpc) is 3.10. The maximum Gasteiger partial charge on any atom is 0.233 e. The Balaban J connectivity index is 1.56. The molecule has 1 aliphatic carbocycles. The minimum absolute atomic E-state index is 0.0289. The maximum absolute atomic E-state index is 12.2. The van der Waals surface area contributed by atoms with E-state index in [-0.39, 0.29) is 23.1 Å². The van der Waals surface area contributed by atoms with Crippen molar-refractivity contribution in [3.05, 3.63) is 22.4 Å². The third kappa shape index (κ3) is 4.80.